The second-order valence-electron chi connectivity index (χ2n) is 4.70. The highest BCUT2D eigenvalue weighted by molar-refractivity contribution is 9.10. The van der Waals surface area contributed by atoms with Crippen LogP contribution in [0.1, 0.15) is 21.5 Å². The van der Waals surface area contributed by atoms with Crippen LogP contribution in [0.15, 0.2) is 59.2 Å². The van der Waals surface area contributed by atoms with Crippen molar-refractivity contribution in [1.82, 2.24) is 4.98 Å². The van der Waals surface area contributed by atoms with Crippen molar-refractivity contribution in [3.05, 3.63) is 75.9 Å². The normalized spacial score (nSPS) is 10.7. The predicted octanol–water partition coefficient (Wildman–Crippen LogP) is 4.54. The number of aromatic nitrogens is 1. The van der Waals surface area contributed by atoms with Crippen LogP contribution in [0.3, 0.4) is 0 Å². The zero-order valence-electron chi connectivity index (χ0n) is 10.9. The minimum atomic E-state index is 0.0424. The quantitative estimate of drug-likeness (QED) is 0.647. The van der Waals surface area contributed by atoms with Crippen molar-refractivity contribution in [1.29, 1.82) is 0 Å². The molecular formula is C17H12BrNO. The van der Waals surface area contributed by atoms with Crippen LogP contribution >= 0.6 is 15.9 Å². The van der Waals surface area contributed by atoms with Gasteiger partial charge in [-0.05, 0) is 55.0 Å². The third kappa shape index (κ3) is 2.37. The molecule has 0 saturated carbocycles. The first-order valence-electron chi connectivity index (χ1n) is 6.31. The summed E-state index contributed by atoms with van der Waals surface area (Å²) in [4.78, 5) is 16.9. The Morgan fingerprint density at radius 2 is 1.95 bits per heavy atom. The summed E-state index contributed by atoms with van der Waals surface area (Å²) in [7, 11) is 0. The van der Waals surface area contributed by atoms with Gasteiger partial charge in [-0.25, -0.2) is 0 Å². The number of ketones is 1. The molecule has 20 heavy (non-hydrogen) atoms. The van der Waals surface area contributed by atoms with Gasteiger partial charge in [0.25, 0.3) is 0 Å². The highest BCUT2D eigenvalue weighted by atomic mass is 79.9. The maximum Gasteiger partial charge on any atom is 0.193 e. The zero-order chi connectivity index (χ0) is 14.1. The van der Waals surface area contributed by atoms with Crippen LogP contribution in [0, 0.1) is 6.92 Å². The highest BCUT2D eigenvalue weighted by Gasteiger charge is 2.12. The van der Waals surface area contributed by atoms with Crippen molar-refractivity contribution in [3.8, 4) is 0 Å². The van der Waals surface area contributed by atoms with Gasteiger partial charge in [0, 0.05) is 27.2 Å². The number of carbonyl (C=O) groups is 1. The number of halogens is 1. The van der Waals surface area contributed by atoms with E-state index in [-0.39, 0.29) is 5.78 Å². The first-order chi connectivity index (χ1) is 9.65. The van der Waals surface area contributed by atoms with Gasteiger partial charge in [0.15, 0.2) is 5.78 Å². The Labute approximate surface area is 125 Å². The average Bonchev–Trinajstić information content (AvgIpc) is 2.46. The molecule has 0 amide bonds. The molecule has 0 aliphatic heterocycles. The van der Waals surface area contributed by atoms with Gasteiger partial charge in [0.2, 0.25) is 0 Å². The highest BCUT2D eigenvalue weighted by Crippen LogP contribution is 2.21. The fourth-order valence-electron chi connectivity index (χ4n) is 2.25. The predicted molar refractivity (Wildman–Crippen MR) is 84.1 cm³/mol. The van der Waals surface area contributed by atoms with E-state index in [1.54, 1.807) is 6.20 Å². The van der Waals surface area contributed by atoms with Gasteiger partial charge in [0.1, 0.15) is 0 Å². The van der Waals surface area contributed by atoms with Crippen LogP contribution in [0.4, 0.5) is 0 Å². The van der Waals surface area contributed by atoms with Gasteiger partial charge < -0.3 is 0 Å². The van der Waals surface area contributed by atoms with E-state index in [0.717, 1.165) is 26.5 Å². The molecule has 0 atom stereocenters. The fraction of sp³-hybridized carbons (Fsp3) is 0.0588. The van der Waals surface area contributed by atoms with E-state index in [1.807, 2.05) is 55.5 Å². The molecule has 0 aliphatic rings. The van der Waals surface area contributed by atoms with Gasteiger partial charge in [-0.2, -0.15) is 0 Å². The van der Waals surface area contributed by atoms with Gasteiger partial charge in [-0.3, -0.25) is 9.78 Å². The number of fused-ring (bicyclic) bond motifs is 1. The number of rotatable bonds is 2. The SMILES string of the molecule is Cc1cc(Br)ccc1C(=O)c1ccc2ncccc2c1. The number of hydrogen-bond donors (Lipinski definition) is 0. The van der Waals surface area contributed by atoms with Crippen LogP contribution in [0.25, 0.3) is 10.9 Å². The van der Waals surface area contributed by atoms with Crippen LogP contribution in [-0.4, -0.2) is 10.8 Å². The average molecular weight is 326 g/mol. The summed E-state index contributed by atoms with van der Waals surface area (Å²) in [5, 5.41) is 0.980. The lowest BCUT2D eigenvalue weighted by Gasteiger charge is -2.06. The monoisotopic (exact) mass is 325 g/mol. The molecule has 98 valence electrons. The molecule has 0 bridgehead atoms. The number of aryl methyl sites for hydroxylation is 1. The van der Waals surface area contributed by atoms with Crippen LogP contribution < -0.4 is 0 Å². The Balaban J connectivity index is 2.08. The maximum absolute atomic E-state index is 12.6. The van der Waals surface area contributed by atoms with Crippen molar-refractivity contribution in [2.75, 3.05) is 0 Å². The molecule has 3 heteroatoms. The molecule has 0 fully saturated rings. The van der Waals surface area contributed by atoms with Crippen LogP contribution in [0.2, 0.25) is 0 Å². The summed E-state index contributed by atoms with van der Waals surface area (Å²) in [5.41, 5.74) is 3.29. The summed E-state index contributed by atoms with van der Waals surface area (Å²) >= 11 is 3.41. The van der Waals surface area contributed by atoms with Crippen molar-refractivity contribution in [3.63, 3.8) is 0 Å². The van der Waals surface area contributed by atoms with Crippen molar-refractivity contribution < 1.29 is 4.79 Å². The fourth-order valence-corrected chi connectivity index (χ4v) is 2.73. The first kappa shape index (κ1) is 13.0. The van der Waals surface area contributed by atoms with E-state index >= 15 is 0 Å². The van der Waals surface area contributed by atoms with Gasteiger partial charge in [-0.1, -0.05) is 22.0 Å². The number of benzene rings is 2. The summed E-state index contributed by atoms with van der Waals surface area (Å²) < 4.78 is 0.981. The Hall–Kier alpha value is -2.00. The Morgan fingerprint density at radius 3 is 2.75 bits per heavy atom. The lowest BCUT2D eigenvalue weighted by atomic mass is 9.98. The molecule has 0 saturated heterocycles. The molecule has 0 N–H and O–H groups in total. The Bertz CT molecular complexity index is 811. The summed E-state index contributed by atoms with van der Waals surface area (Å²) in [5.74, 6) is 0.0424. The minimum absolute atomic E-state index is 0.0424. The van der Waals surface area contributed by atoms with Gasteiger partial charge >= 0.3 is 0 Å². The molecule has 3 rings (SSSR count). The summed E-state index contributed by atoms with van der Waals surface area (Å²) in [6, 6.07) is 15.2. The van der Waals surface area contributed by atoms with E-state index in [9.17, 15) is 4.79 Å². The summed E-state index contributed by atoms with van der Waals surface area (Å²) in [6.45, 7) is 1.95. The molecular weight excluding hydrogens is 314 g/mol. The second-order valence-corrected chi connectivity index (χ2v) is 5.61. The molecule has 0 radical (unpaired) electrons. The van der Waals surface area contributed by atoms with E-state index < -0.39 is 0 Å². The number of pyridine rings is 1. The van der Waals surface area contributed by atoms with E-state index in [1.165, 1.54) is 0 Å². The molecule has 2 aromatic carbocycles. The van der Waals surface area contributed by atoms with Crippen LogP contribution in [0.5, 0.6) is 0 Å². The first-order valence-corrected chi connectivity index (χ1v) is 7.10. The maximum atomic E-state index is 12.6. The van der Waals surface area contributed by atoms with Crippen molar-refractivity contribution in [2.45, 2.75) is 6.92 Å². The Morgan fingerprint density at radius 1 is 1.10 bits per heavy atom. The summed E-state index contributed by atoms with van der Waals surface area (Å²) in [6.07, 6.45) is 1.75. The molecule has 1 aromatic heterocycles. The van der Waals surface area contributed by atoms with Crippen molar-refractivity contribution in [2.24, 2.45) is 0 Å². The molecule has 1 heterocycles. The molecule has 2 nitrogen and oxygen atoms in total. The molecule has 0 aliphatic carbocycles. The molecule has 3 aromatic rings. The number of carbonyl (C=O) groups excluding carboxylic acids is 1. The third-order valence-corrected chi connectivity index (χ3v) is 3.79. The van der Waals surface area contributed by atoms with E-state index in [0.29, 0.717) is 5.56 Å². The van der Waals surface area contributed by atoms with Crippen molar-refractivity contribution >= 4 is 32.6 Å². The van der Waals surface area contributed by atoms with E-state index in [2.05, 4.69) is 20.9 Å². The topological polar surface area (TPSA) is 30.0 Å². The standard InChI is InChI=1S/C17H12BrNO/c1-11-9-14(18)5-6-15(11)17(20)13-4-7-16-12(10-13)3-2-8-19-16/h2-10H,1H3. The number of nitrogens with zero attached hydrogens (tertiary/aromatic N) is 1. The molecule has 0 spiro atoms. The zero-order valence-corrected chi connectivity index (χ0v) is 12.5. The second kappa shape index (κ2) is 5.17. The van der Waals surface area contributed by atoms with Gasteiger partial charge in [-0.15, -0.1) is 0 Å². The largest absolute Gasteiger partial charge is 0.289 e. The lowest BCUT2D eigenvalue weighted by Crippen LogP contribution is -2.03. The van der Waals surface area contributed by atoms with Gasteiger partial charge in [0.05, 0.1) is 5.52 Å². The third-order valence-electron chi connectivity index (χ3n) is 3.30. The molecule has 0 unspecified atom stereocenters. The Kier molecular flexibility index (Phi) is 3.36. The smallest absolute Gasteiger partial charge is 0.193 e. The number of hydrogen-bond acceptors (Lipinski definition) is 2. The lowest BCUT2D eigenvalue weighted by molar-refractivity contribution is 0.103. The minimum Gasteiger partial charge on any atom is -0.289 e. The van der Waals surface area contributed by atoms with Crippen LogP contribution in [-0.2, 0) is 0 Å². The van der Waals surface area contributed by atoms with E-state index in [4.69, 9.17) is 0 Å².